The van der Waals surface area contributed by atoms with Gasteiger partial charge in [-0.2, -0.15) is 0 Å². The first kappa shape index (κ1) is 12.8. The van der Waals surface area contributed by atoms with E-state index in [1.807, 2.05) is 31.2 Å². The predicted octanol–water partition coefficient (Wildman–Crippen LogP) is 0.866. The molecule has 0 aliphatic heterocycles. The van der Waals surface area contributed by atoms with E-state index < -0.39 is 26.6 Å². The maximum absolute atomic E-state index is 10.7. The molecule has 1 aromatic carbocycles. The zero-order valence-electron chi connectivity index (χ0n) is 8.88. The van der Waals surface area contributed by atoms with Crippen molar-refractivity contribution in [3.63, 3.8) is 0 Å². The van der Waals surface area contributed by atoms with Crippen molar-refractivity contribution >= 4 is 30.9 Å². The van der Waals surface area contributed by atoms with Gasteiger partial charge in [0.2, 0.25) is 0 Å². The van der Waals surface area contributed by atoms with Crippen molar-refractivity contribution in [3.8, 4) is 0 Å². The van der Waals surface area contributed by atoms with Gasteiger partial charge in [-0.25, -0.2) is 0 Å². The van der Waals surface area contributed by atoms with Crippen molar-refractivity contribution < 1.29 is 19.8 Å². The number of rotatable bonds is 5. The van der Waals surface area contributed by atoms with Crippen molar-refractivity contribution in [1.29, 1.82) is 0 Å². The maximum atomic E-state index is 10.7. The topological polar surface area (TPSA) is 74.6 Å². The molecule has 0 fully saturated rings. The van der Waals surface area contributed by atoms with Crippen molar-refractivity contribution in [1.82, 2.24) is 0 Å². The molecular weight excluding hydrogens is 271 g/mol. The number of aliphatic carboxylic acids is 2. The van der Waals surface area contributed by atoms with Crippen LogP contribution in [-0.2, 0) is 9.59 Å². The van der Waals surface area contributed by atoms with E-state index >= 15 is 0 Å². The molecule has 16 heavy (non-hydrogen) atoms. The van der Waals surface area contributed by atoms with E-state index in [0.717, 1.165) is 9.91 Å². The van der Waals surface area contributed by atoms with Crippen LogP contribution in [0.25, 0.3) is 0 Å². The van der Waals surface area contributed by atoms with Crippen LogP contribution in [0.2, 0.25) is 10.4 Å². The fourth-order valence-electron chi connectivity index (χ4n) is 1.32. The van der Waals surface area contributed by atoms with Crippen LogP contribution in [0.4, 0.5) is 0 Å². The zero-order valence-corrected chi connectivity index (χ0v) is 10.8. The number of hydrogen-bond acceptors (Lipinski definition) is 2. The van der Waals surface area contributed by atoms with Gasteiger partial charge in [0.1, 0.15) is 0 Å². The molecule has 0 aliphatic rings. The van der Waals surface area contributed by atoms with Gasteiger partial charge in [-0.3, -0.25) is 0 Å². The summed E-state index contributed by atoms with van der Waals surface area (Å²) in [5, 5.41) is 17.5. The molecule has 0 heterocycles. The molecule has 5 heteroatoms. The van der Waals surface area contributed by atoms with Gasteiger partial charge in [-0.05, 0) is 0 Å². The average molecular weight is 284 g/mol. The molecule has 4 nitrogen and oxygen atoms in total. The van der Waals surface area contributed by atoms with Crippen LogP contribution < -0.4 is 4.35 Å². The third-order valence-electron chi connectivity index (χ3n) is 2.05. The Hall–Kier alpha value is -1.28. The first-order chi connectivity index (χ1) is 7.49. The van der Waals surface area contributed by atoms with Gasteiger partial charge < -0.3 is 0 Å². The molecule has 0 atom stereocenters. The summed E-state index contributed by atoms with van der Waals surface area (Å²) in [6, 6.07) is 7.48. The summed E-state index contributed by atoms with van der Waals surface area (Å²) in [7, 11) is 0. The number of aryl methyl sites for hydroxylation is 1. The number of hydrogen-bond donors (Lipinski definition) is 2. The summed E-state index contributed by atoms with van der Waals surface area (Å²) in [5.41, 5.74) is 1.09. The second kappa shape index (κ2) is 5.71. The van der Waals surface area contributed by atoms with Gasteiger partial charge in [0.25, 0.3) is 0 Å². The van der Waals surface area contributed by atoms with E-state index in [1.54, 1.807) is 0 Å². The molecule has 0 radical (unpaired) electrons. The zero-order chi connectivity index (χ0) is 12.1. The Labute approximate surface area is 98.2 Å². The van der Waals surface area contributed by atoms with E-state index in [2.05, 4.69) is 0 Å². The third kappa shape index (κ3) is 4.07. The van der Waals surface area contributed by atoms with E-state index in [-0.39, 0.29) is 10.4 Å². The third-order valence-corrected chi connectivity index (χ3v) is 6.95. The van der Waals surface area contributed by atoms with Crippen molar-refractivity contribution in [3.05, 3.63) is 29.8 Å². The van der Waals surface area contributed by atoms with Crippen LogP contribution in [0.5, 0.6) is 0 Å². The molecular formula is C11H13AsO4. The summed E-state index contributed by atoms with van der Waals surface area (Å²) in [5.74, 6) is -1.83. The van der Waals surface area contributed by atoms with Gasteiger partial charge in [-0.15, -0.1) is 0 Å². The average Bonchev–Trinajstić information content (AvgIpc) is 2.16. The molecule has 0 saturated carbocycles. The number of benzene rings is 1. The predicted molar refractivity (Wildman–Crippen MR) is 61.5 cm³/mol. The number of carbonyl (C=O) groups is 2. The molecule has 1 rings (SSSR count). The second-order valence-corrected chi connectivity index (χ2v) is 8.15. The second-order valence-electron chi connectivity index (χ2n) is 3.48. The van der Waals surface area contributed by atoms with Crippen LogP contribution >= 0.6 is 0 Å². The van der Waals surface area contributed by atoms with Crippen LogP contribution in [0.3, 0.4) is 0 Å². The van der Waals surface area contributed by atoms with E-state index in [4.69, 9.17) is 10.2 Å². The first-order valence-corrected chi connectivity index (χ1v) is 8.33. The molecule has 86 valence electrons. The summed E-state index contributed by atoms with van der Waals surface area (Å²) in [4.78, 5) is 21.3. The Kier molecular flexibility index (Phi) is 4.56. The van der Waals surface area contributed by atoms with Gasteiger partial charge in [0.15, 0.2) is 0 Å². The minimum atomic E-state index is -2.00. The molecule has 0 aliphatic carbocycles. The Morgan fingerprint density at radius 3 is 1.88 bits per heavy atom. The molecule has 0 saturated heterocycles. The van der Waals surface area contributed by atoms with Crippen molar-refractivity contribution in [2.75, 3.05) is 0 Å². The summed E-state index contributed by atoms with van der Waals surface area (Å²) in [6.45, 7) is 1.94. The fraction of sp³-hybridized carbons (Fsp3) is 0.273. The van der Waals surface area contributed by atoms with E-state index in [1.165, 1.54) is 0 Å². The Morgan fingerprint density at radius 2 is 1.50 bits per heavy atom. The molecule has 0 bridgehead atoms. The Balaban J connectivity index is 2.86. The monoisotopic (exact) mass is 284 g/mol. The summed E-state index contributed by atoms with van der Waals surface area (Å²) in [6.07, 6.45) is 0. The Morgan fingerprint density at radius 1 is 1.06 bits per heavy atom. The standard InChI is InChI=1S/C11H13AsO4/c1-8-2-4-9(5-3-8)12(6-10(13)14)7-11(15)16/h2-5H,6-7H2,1H3,(H,13,14)(H,15,16). The molecule has 0 amide bonds. The van der Waals surface area contributed by atoms with E-state index in [0.29, 0.717) is 0 Å². The number of carboxylic acids is 2. The normalized spacial score (nSPS) is 10.4. The fourth-order valence-corrected chi connectivity index (χ4v) is 4.89. The molecule has 1 aromatic rings. The van der Waals surface area contributed by atoms with Gasteiger partial charge >= 0.3 is 97.9 Å². The van der Waals surface area contributed by atoms with Crippen LogP contribution in [0, 0.1) is 6.92 Å². The summed E-state index contributed by atoms with van der Waals surface area (Å²) >= 11 is -2.00. The van der Waals surface area contributed by atoms with Crippen molar-refractivity contribution in [2.24, 2.45) is 0 Å². The quantitative estimate of drug-likeness (QED) is 0.787. The van der Waals surface area contributed by atoms with Crippen LogP contribution in [-0.4, -0.2) is 36.8 Å². The van der Waals surface area contributed by atoms with Gasteiger partial charge in [-0.1, -0.05) is 0 Å². The molecule has 0 unspecified atom stereocenters. The van der Waals surface area contributed by atoms with Crippen LogP contribution in [0.1, 0.15) is 5.56 Å². The molecule has 0 spiro atoms. The number of carboxylic acid groups (broad SMARTS) is 2. The van der Waals surface area contributed by atoms with Crippen LogP contribution in [0.15, 0.2) is 24.3 Å². The van der Waals surface area contributed by atoms with Crippen molar-refractivity contribution in [2.45, 2.75) is 17.3 Å². The summed E-state index contributed by atoms with van der Waals surface area (Å²) < 4.78 is 0.905. The first-order valence-electron chi connectivity index (χ1n) is 4.74. The van der Waals surface area contributed by atoms with Gasteiger partial charge in [0, 0.05) is 0 Å². The van der Waals surface area contributed by atoms with E-state index in [9.17, 15) is 9.59 Å². The van der Waals surface area contributed by atoms with Gasteiger partial charge in [0.05, 0.1) is 0 Å². The Bertz CT molecular complexity index is 369. The SMILES string of the molecule is Cc1ccc([As](CC(=O)O)CC(=O)O)cc1. The molecule has 0 aromatic heterocycles. The molecule has 2 N–H and O–H groups in total. The minimum absolute atomic E-state index is 0.0115.